The Balaban J connectivity index is 4.39. The maximum atomic E-state index is 11.9. The molecule has 0 saturated heterocycles. The van der Waals surface area contributed by atoms with E-state index in [1.807, 2.05) is 0 Å². The van der Waals surface area contributed by atoms with Crippen LogP contribution in [0.15, 0.2) is 0 Å². The first-order valence-electron chi connectivity index (χ1n) is 1.64. The van der Waals surface area contributed by atoms with Crippen molar-refractivity contribution < 1.29 is 13.2 Å². The van der Waals surface area contributed by atoms with Crippen LogP contribution in [0.2, 0.25) is 0 Å². The molecule has 52 valence electrons. The zero-order chi connectivity index (χ0) is 7.71. The molecule has 6 heteroatoms. The van der Waals surface area contributed by atoms with Crippen molar-refractivity contribution in [3.05, 3.63) is 11.4 Å². The number of halogens is 5. The third-order valence-electron chi connectivity index (χ3n) is 0.481. The SMILES string of the molecule is [C-]#[N+]C(F)(Cl)C(F)(F)Cl. The van der Waals surface area contributed by atoms with Gasteiger partial charge in [-0.2, -0.15) is 8.78 Å². The number of hydrogen-bond acceptors (Lipinski definition) is 0. The van der Waals surface area contributed by atoms with E-state index in [9.17, 15) is 13.2 Å². The van der Waals surface area contributed by atoms with E-state index in [1.165, 1.54) is 0 Å². The van der Waals surface area contributed by atoms with Gasteiger partial charge in [-0.3, -0.25) is 4.85 Å². The van der Waals surface area contributed by atoms with Crippen molar-refractivity contribution in [1.29, 1.82) is 0 Å². The molecule has 0 heterocycles. The maximum absolute atomic E-state index is 11.9. The van der Waals surface area contributed by atoms with Crippen LogP contribution >= 0.6 is 23.2 Å². The molecule has 0 fully saturated rings. The molecule has 0 aromatic rings. The molecule has 0 aromatic heterocycles. The fraction of sp³-hybridized carbons (Fsp3) is 0.667. The molecule has 0 aliphatic heterocycles. The van der Waals surface area contributed by atoms with Gasteiger partial charge in [-0.1, -0.05) is 0 Å². The highest BCUT2D eigenvalue weighted by atomic mass is 35.5. The molecule has 0 aliphatic carbocycles. The number of rotatable bonds is 1. The zero-order valence-electron chi connectivity index (χ0n) is 3.84. The molecule has 0 bridgehead atoms. The van der Waals surface area contributed by atoms with Gasteiger partial charge in [0.15, 0.2) is 0 Å². The molecular weight excluding hydrogens is 178 g/mol. The second-order valence-corrected chi connectivity index (χ2v) is 2.13. The summed E-state index contributed by atoms with van der Waals surface area (Å²) in [6.07, 6.45) is 0. The van der Waals surface area contributed by atoms with Gasteiger partial charge in [0, 0.05) is 11.6 Å². The van der Waals surface area contributed by atoms with E-state index < -0.39 is 10.6 Å². The van der Waals surface area contributed by atoms with Crippen molar-refractivity contribution in [3.8, 4) is 0 Å². The molecule has 1 unspecified atom stereocenters. The second-order valence-electron chi connectivity index (χ2n) is 1.15. The lowest BCUT2D eigenvalue weighted by Crippen LogP contribution is -2.30. The topological polar surface area (TPSA) is 4.36 Å². The third kappa shape index (κ3) is 1.92. The van der Waals surface area contributed by atoms with Crippen molar-refractivity contribution in [2.75, 3.05) is 0 Å². The molecule has 0 spiro atoms. The van der Waals surface area contributed by atoms with Gasteiger partial charge >= 0.3 is 10.6 Å². The molecule has 0 saturated carbocycles. The Labute approximate surface area is 59.2 Å². The lowest BCUT2D eigenvalue weighted by atomic mass is 10.6. The van der Waals surface area contributed by atoms with E-state index in [1.54, 1.807) is 4.85 Å². The Bertz CT molecular complexity index is 144. The molecule has 0 aliphatic rings. The highest BCUT2D eigenvalue weighted by Gasteiger charge is 2.60. The summed E-state index contributed by atoms with van der Waals surface area (Å²) >= 11 is 8.36. The quantitative estimate of drug-likeness (QED) is 0.330. The van der Waals surface area contributed by atoms with Crippen LogP contribution in [0.1, 0.15) is 0 Å². The standard InChI is InChI=1S/C3Cl2F3N/c1-9-3(5,8)2(4,6)7. The summed E-state index contributed by atoms with van der Waals surface area (Å²) in [7, 11) is 0. The molecule has 1 atom stereocenters. The number of nitrogens with zero attached hydrogens (tertiary/aromatic N) is 1. The molecular formula is C3Cl2F3N. The number of alkyl halides is 5. The van der Waals surface area contributed by atoms with Crippen LogP contribution in [0.3, 0.4) is 0 Å². The van der Waals surface area contributed by atoms with Crippen LogP contribution in [0.25, 0.3) is 4.85 Å². The summed E-state index contributed by atoms with van der Waals surface area (Å²) < 4.78 is 34.9. The predicted octanol–water partition coefficient (Wildman–Crippen LogP) is 2.60. The maximum Gasteiger partial charge on any atom is 0.531 e. The van der Waals surface area contributed by atoms with E-state index in [-0.39, 0.29) is 0 Å². The molecule has 9 heavy (non-hydrogen) atoms. The minimum atomic E-state index is -4.34. The molecule has 1 nitrogen and oxygen atoms in total. The van der Waals surface area contributed by atoms with Crippen LogP contribution in [0, 0.1) is 6.57 Å². The van der Waals surface area contributed by atoms with Crippen molar-refractivity contribution in [1.82, 2.24) is 0 Å². The first-order valence-corrected chi connectivity index (χ1v) is 2.40. The Morgan fingerprint density at radius 2 is 1.56 bits per heavy atom. The van der Waals surface area contributed by atoms with E-state index >= 15 is 0 Å². The van der Waals surface area contributed by atoms with Crippen LogP contribution in [-0.4, -0.2) is 10.6 Å². The molecule has 0 aromatic carbocycles. The van der Waals surface area contributed by atoms with Crippen LogP contribution in [-0.2, 0) is 0 Å². The zero-order valence-corrected chi connectivity index (χ0v) is 5.35. The van der Waals surface area contributed by atoms with Crippen LogP contribution in [0.5, 0.6) is 0 Å². The highest BCUT2D eigenvalue weighted by molar-refractivity contribution is 6.33. The van der Waals surface area contributed by atoms with Gasteiger partial charge in [0.1, 0.15) is 0 Å². The summed E-state index contributed by atoms with van der Waals surface area (Å²) in [4.78, 5) is 1.76. The van der Waals surface area contributed by atoms with Gasteiger partial charge in [-0.05, 0) is 11.6 Å². The smallest absolute Gasteiger partial charge is 0.252 e. The first kappa shape index (κ1) is 8.86. The lowest BCUT2D eigenvalue weighted by Gasteiger charge is -2.08. The van der Waals surface area contributed by atoms with Gasteiger partial charge in [0.05, 0.1) is 0 Å². The van der Waals surface area contributed by atoms with E-state index in [2.05, 4.69) is 23.2 Å². The van der Waals surface area contributed by atoms with Crippen LogP contribution < -0.4 is 0 Å². The first-order chi connectivity index (χ1) is 3.81. The summed E-state index contributed by atoms with van der Waals surface area (Å²) in [5, 5.41) is -8.16. The third-order valence-corrected chi connectivity index (χ3v) is 1.15. The van der Waals surface area contributed by atoms with E-state index in [0.29, 0.717) is 0 Å². The Hall–Kier alpha value is -0.140. The second kappa shape index (κ2) is 2.24. The van der Waals surface area contributed by atoms with Crippen LogP contribution in [0.4, 0.5) is 13.2 Å². The fourth-order valence-electron chi connectivity index (χ4n) is 0.0634. The molecule has 0 N–H and O–H groups in total. The Kier molecular flexibility index (Phi) is 2.20. The number of hydrogen-bond donors (Lipinski definition) is 0. The van der Waals surface area contributed by atoms with Crippen molar-refractivity contribution in [3.63, 3.8) is 0 Å². The molecule has 0 rings (SSSR count). The summed E-state index contributed by atoms with van der Waals surface area (Å²) in [6.45, 7) is 5.81. The predicted molar refractivity (Wildman–Crippen MR) is 27.1 cm³/mol. The fourth-order valence-corrected chi connectivity index (χ4v) is 0.106. The van der Waals surface area contributed by atoms with Gasteiger partial charge in [0.25, 0.3) is 0 Å². The van der Waals surface area contributed by atoms with Crippen molar-refractivity contribution in [2.45, 2.75) is 10.6 Å². The summed E-state index contributed by atoms with van der Waals surface area (Å²) in [5.41, 5.74) is 0. The minimum absolute atomic E-state index is 1.76. The molecule has 0 amide bonds. The van der Waals surface area contributed by atoms with Gasteiger partial charge in [0.2, 0.25) is 0 Å². The normalized spacial score (nSPS) is 18.2. The Morgan fingerprint density at radius 3 is 1.56 bits per heavy atom. The lowest BCUT2D eigenvalue weighted by molar-refractivity contribution is 0.00493. The van der Waals surface area contributed by atoms with Gasteiger partial charge in [-0.15, -0.1) is 4.39 Å². The summed E-state index contributed by atoms with van der Waals surface area (Å²) in [5.74, 6) is 0. The van der Waals surface area contributed by atoms with Gasteiger partial charge in [-0.25, -0.2) is 6.57 Å². The van der Waals surface area contributed by atoms with Crippen molar-refractivity contribution >= 4 is 23.2 Å². The average molecular weight is 178 g/mol. The van der Waals surface area contributed by atoms with Crippen molar-refractivity contribution in [2.24, 2.45) is 0 Å². The molecule has 0 radical (unpaired) electrons. The van der Waals surface area contributed by atoms with Gasteiger partial charge < -0.3 is 0 Å². The Morgan fingerprint density at radius 1 is 1.22 bits per heavy atom. The highest BCUT2D eigenvalue weighted by Crippen LogP contribution is 2.40. The summed E-state index contributed by atoms with van der Waals surface area (Å²) in [6, 6.07) is 0. The average Bonchev–Trinajstić information content (AvgIpc) is 1.64. The largest absolute Gasteiger partial charge is 0.531 e. The van der Waals surface area contributed by atoms with E-state index in [4.69, 9.17) is 6.57 Å². The monoisotopic (exact) mass is 177 g/mol. The minimum Gasteiger partial charge on any atom is -0.252 e. The van der Waals surface area contributed by atoms with E-state index in [0.717, 1.165) is 0 Å².